The van der Waals surface area contributed by atoms with Crippen molar-refractivity contribution in [2.45, 2.75) is 30.6 Å². The predicted molar refractivity (Wildman–Crippen MR) is 112 cm³/mol. The lowest BCUT2D eigenvalue weighted by Crippen LogP contribution is -2.29. The predicted octanol–water partition coefficient (Wildman–Crippen LogP) is 3.01. The van der Waals surface area contributed by atoms with Gasteiger partial charge < -0.3 is 15.2 Å². The van der Waals surface area contributed by atoms with Crippen LogP contribution < -0.4 is 10.9 Å². The molecule has 0 radical (unpaired) electrons. The van der Waals surface area contributed by atoms with E-state index in [1.54, 1.807) is 28.8 Å². The number of carbonyl (C=O) groups is 1. The molecule has 8 heteroatoms. The van der Waals surface area contributed by atoms with E-state index in [0.29, 0.717) is 34.9 Å². The molecule has 1 unspecified atom stereocenters. The van der Waals surface area contributed by atoms with Gasteiger partial charge in [-0.3, -0.25) is 14.2 Å². The molecule has 3 aromatic rings. The van der Waals surface area contributed by atoms with Gasteiger partial charge in [0.05, 0.1) is 29.3 Å². The highest BCUT2D eigenvalue weighted by atomic mass is 32.2. The molecular formula is C21H21N3O4S. The number of rotatable bonds is 6. The Bertz CT molecular complexity index is 1090. The molecule has 150 valence electrons. The monoisotopic (exact) mass is 411 g/mol. The van der Waals surface area contributed by atoms with Crippen LogP contribution in [0.2, 0.25) is 0 Å². The maximum absolute atomic E-state index is 13.0. The Kier molecular flexibility index (Phi) is 5.82. The number of nitrogens with one attached hydrogen (secondary N) is 1. The molecule has 1 aromatic heterocycles. The van der Waals surface area contributed by atoms with E-state index in [9.17, 15) is 14.7 Å². The summed E-state index contributed by atoms with van der Waals surface area (Å²) < 4.78 is 7.31. The van der Waals surface area contributed by atoms with Gasteiger partial charge in [0.1, 0.15) is 5.75 Å². The molecule has 1 saturated heterocycles. The zero-order valence-electron chi connectivity index (χ0n) is 15.7. The summed E-state index contributed by atoms with van der Waals surface area (Å²) in [6, 6.07) is 13.6. The van der Waals surface area contributed by atoms with E-state index in [0.717, 1.165) is 12.8 Å². The van der Waals surface area contributed by atoms with Gasteiger partial charge >= 0.3 is 0 Å². The van der Waals surface area contributed by atoms with Crippen LogP contribution in [0.5, 0.6) is 5.75 Å². The normalized spacial score (nSPS) is 16.2. The van der Waals surface area contributed by atoms with E-state index in [4.69, 9.17) is 4.74 Å². The number of thioether (sulfide) groups is 1. The number of nitrogens with zero attached hydrogens (tertiary/aromatic N) is 2. The average Bonchev–Trinajstić information content (AvgIpc) is 3.22. The Hall–Kier alpha value is -2.84. The quantitative estimate of drug-likeness (QED) is 0.478. The van der Waals surface area contributed by atoms with Crippen LogP contribution >= 0.6 is 11.8 Å². The second-order valence-electron chi connectivity index (χ2n) is 6.85. The number of amides is 1. The SMILES string of the molecule is O=C(CSc1nc2ccccc2c(=O)n1CC1CCCO1)Nc1cccc(O)c1. The average molecular weight is 411 g/mol. The molecule has 1 amide bonds. The third kappa shape index (κ3) is 4.60. The summed E-state index contributed by atoms with van der Waals surface area (Å²) in [6.07, 6.45) is 1.87. The van der Waals surface area contributed by atoms with Crippen molar-refractivity contribution in [2.75, 3.05) is 17.7 Å². The minimum Gasteiger partial charge on any atom is -0.508 e. The molecule has 1 aliphatic heterocycles. The Morgan fingerprint density at radius 3 is 2.93 bits per heavy atom. The minimum atomic E-state index is -0.244. The number of aromatic nitrogens is 2. The zero-order valence-corrected chi connectivity index (χ0v) is 16.5. The highest BCUT2D eigenvalue weighted by Crippen LogP contribution is 2.22. The molecule has 0 aliphatic carbocycles. The zero-order chi connectivity index (χ0) is 20.2. The van der Waals surface area contributed by atoms with Crippen molar-refractivity contribution < 1.29 is 14.6 Å². The topological polar surface area (TPSA) is 93.5 Å². The summed E-state index contributed by atoms with van der Waals surface area (Å²) in [6.45, 7) is 1.13. The second-order valence-corrected chi connectivity index (χ2v) is 7.79. The smallest absolute Gasteiger partial charge is 0.262 e. The molecule has 2 aromatic carbocycles. The third-order valence-corrected chi connectivity index (χ3v) is 5.68. The lowest BCUT2D eigenvalue weighted by molar-refractivity contribution is -0.113. The number of carbonyl (C=O) groups excluding carboxylic acids is 1. The van der Waals surface area contributed by atoms with Crippen LogP contribution in [0.3, 0.4) is 0 Å². The number of anilines is 1. The summed E-state index contributed by atoms with van der Waals surface area (Å²) in [5, 5.41) is 13.3. The fraction of sp³-hybridized carbons (Fsp3) is 0.286. The lowest BCUT2D eigenvalue weighted by Gasteiger charge is -2.16. The van der Waals surface area contributed by atoms with Crippen LogP contribution in [0.1, 0.15) is 12.8 Å². The fourth-order valence-corrected chi connectivity index (χ4v) is 4.13. The molecule has 1 fully saturated rings. The van der Waals surface area contributed by atoms with Gasteiger partial charge in [0.25, 0.3) is 5.56 Å². The number of phenolic OH excluding ortho intramolecular Hbond substituents is 1. The molecule has 0 saturated carbocycles. The van der Waals surface area contributed by atoms with Crippen molar-refractivity contribution in [2.24, 2.45) is 0 Å². The number of para-hydroxylation sites is 1. The Morgan fingerprint density at radius 1 is 1.28 bits per heavy atom. The molecule has 29 heavy (non-hydrogen) atoms. The van der Waals surface area contributed by atoms with Gasteiger partial charge in [0.2, 0.25) is 5.91 Å². The van der Waals surface area contributed by atoms with Crippen molar-refractivity contribution in [1.82, 2.24) is 9.55 Å². The summed E-state index contributed by atoms with van der Waals surface area (Å²) in [5.74, 6) is -0.0740. The van der Waals surface area contributed by atoms with Gasteiger partial charge in [0.15, 0.2) is 5.16 Å². The number of hydrogen-bond donors (Lipinski definition) is 2. The first-order valence-corrected chi connectivity index (χ1v) is 10.4. The molecule has 0 bridgehead atoms. The Morgan fingerprint density at radius 2 is 2.14 bits per heavy atom. The standard InChI is InChI=1S/C21H21N3O4S/c25-15-6-3-5-14(11-15)22-19(26)13-29-21-23-18-9-2-1-8-17(18)20(27)24(21)12-16-7-4-10-28-16/h1-3,5-6,8-9,11,16,25H,4,7,10,12-13H2,(H,22,26). The van der Waals surface area contributed by atoms with Crippen molar-refractivity contribution >= 4 is 34.3 Å². The Balaban J connectivity index is 1.56. The molecule has 1 atom stereocenters. The van der Waals surface area contributed by atoms with Gasteiger partial charge in [-0.1, -0.05) is 30.0 Å². The number of benzene rings is 2. The molecule has 7 nitrogen and oxygen atoms in total. The molecular weight excluding hydrogens is 390 g/mol. The Labute approximate surface area is 171 Å². The molecule has 2 N–H and O–H groups in total. The second kappa shape index (κ2) is 8.67. The molecule has 4 rings (SSSR count). The van der Waals surface area contributed by atoms with Crippen molar-refractivity contribution in [1.29, 1.82) is 0 Å². The van der Waals surface area contributed by atoms with Crippen LogP contribution in [0.4, 0.5) is 5.69 Å². The first kappa shape index (κ1) is 19.5. The van der Waals surface area contributed by atoms with E-state index in [1.807, 2.05) is 12.1 Å². The third-order valence-electron chi connectivity index (χ3n) is 4.70. The van der Waals surface area contributed by atoms with Gasteiger partial charge in [0, 0.05) is 18.4 Å². The van der Waals surface area contributed by atoms with Crippen molar-refractivity contribution in [3.63, 3.8) is 0 Å². The first-order chi connectivity index (χ1) is 14.1. The van der Waals surface area contributed by atoms with Crippen LogP contribution in [0.25, 0.3) is 10.9 Å². The molecule has 1 aliphatic rings. The first-order valence-electron chi connectivity index (χ1n) is 9.43. The summed E-state index contributed by atoms with van der Waals surface area (Å²) in [5.41, 5.74) is 0.998. The van der Waals surface area contributed by atoms with Crippen molar-refractivity contribution in [3.8, 4) is 5.75 Å². The number of hydrogen-bond acceptors (Lipinski definition) is 6. The fourth-order valence-electron chi connectivity index (χ4n) is 3.32. The van der Waals surface area contributed by atoms with Gasteiger partial charge in [-0.15, -0.1) is 0 Å². The van der Waals surface area contributed by atoms with Crippen LogP contribution in [-0.4, -0.2) is 39.0 Å². The number of ether oxygens (including phenoxy) is 1. The number of fused-ring (bicyclic) bond motifs is 1. The number of aromatic hydroxyl groups is 1. The summed E-state index contributed by atoms with van der Waals surface area (Å²) in [4.78, 5) is 30.0. The van der Waals surface area contributed by atoms with E-state index < -0.39 is 0 Å². The van der Waals surface area contributed by atoms with Crippen LogP contribution in [0, 0.1) is 0 Å². The molecule has 0 spiro atoms. The summed E-state index contributed by atoms with van der Waals surface area (Å²) in [7, 11) is 0. The maximum Gasteiger partial charge on any atom is 0.262 e. The van der Waals surface area contributed by atoms with Gasteiger partial charge in [-0.2, -0.15) is 0 Å². The largest absolute Gasteiger partial charge is 0.508 e. The summed E-state index contributed by atoms with van der Waals surface area (Å²) >= 11 is 1.21. The maximum atomic E-state index is 13.0. The van der Waals surface area contributed by atoms with E-state index in [-0.39, 0.29) is 29.1 Å². The molecule has 2 heterocycles. The van der Waals surface area contributed by atoms with Gasteiger partial charge in [-0.05, 0) is 37.1 Å². The number of phenols is 1. The minimum absolute atomic E-state index is 0.0175. The van der Waals surface area contributed by atoms with E-state index in [2.05, 4.69) is 10.3 Å². The van der Waals surface area contributed by atoms with E-state index >= 15 is 0 Å². The highest BCUT2D eigenvalue weighted by Gasteiger charge is 2.20. The lowest BCUT2D eigenvalue weighted by atomic mass is 10.2. The highest BCUT2D eigenvalue weighted by molar-refractivity contribution is 7.99. The van der Waals surface area contributed by atoms with Crippen LogP contribution in [0.15, 0.2) is 58.5 Å². The van der Waals surface area contributed by atoms with Crippen LogP contribution in [-0.2, 0) is 16.1 Å². The van der Waals surface area contributed by atoms with E-state index in [1.165, 1.54) is 23.9 Å². The van der Waals surface area contributed by atoms with Crippen molar-refractivity contribution in [3.05, 3.63) is 58.9 Å². The van der Waals surface area contributed by atoms with Gasteiger partial charge in [-0.25, -0.2) is 4.98 Å².